The Labute approximate surface area is 84.2 Å². The second-order valence-electron chi connectivity index (χ2n) is 3.37. The molecule has 0 saturated heterocycles. The number of allylic oxidation sites excluding steroid dienone is 1. The first-order chi connectivity index (χ1) is 6.50. The predicted octanol–water partition coefficient (Wildman–Crippen LogP) is 2.95. The van der Waals surface area contributed by atoms with Crippen molar-refractivity contribution in [3.63, 3.8) is 0 Å². The van der Waals surface area contributed by atoms with Crippen molar-refractivity contribution in [3.8, 4) is 5.75 Å². The summed E-state index contributed by atoms with van der Waals surface area (Å²) in [5.41, 5.74) is 2.83. The number of benzene rings is 1. The maximum Gasteiger partial charge on any atom is 0.308 e. The molecule has 74 valence electrons. The van der Waals surface area contributed by atoms with Crippen LogP contribution in [0.15, 0.2) is 24.8 Å². The predicted molar refractivity (Wildman–Crippen MR) is 57.2 cm³/mol. The van der Waals surface area contributed by atoms with Gasteiger partial charge in [0.25, 0.3) is 0 Å². The second kappa shape index (κ2) is 4.09. The molecule has 0 heterocycles. The Kier molecular flexibility index (Phi) is 3.07. The average molecular weight is 190 g/mol. The van der Waals surface area contributed by atoms with Gasteiger partial charge in [-0.2, -0.15) is 0 Å². The topological polar surface area (TPSA) is 26.3 Å². The first-order valence-corrected chi connectivity index (χ1v) is 4.45. The molecule has 2 heteroatoms. The lowest BCUT2D eigenvalue weighted by Crippen LogP contribution is -2.03. The lowest BCUT2D eigenvalue weighted by Gasteiger charge is -2.09. The molecule has 0 fully saturated rings. The zero-order valence-electron chi connectivity index (χ0n) is 8.76. The van der Waals surface area contributed by atoms with E-state index in [9.17, 15) is 4.79 Å². The van der Waals surface area contributed by atoms with Gasteiger partial charge in [0.2, 0.25) is 0 Å². The normalized spacial score (nSPS) is 9.64. The molecule has 2 nitrogen and oxygen atoms in total. The number of ether oxygens (including phenoxy) is 1. The standard InChI is InChI=1S/C12H14O2/c1-8(2)11-6-5-9(3)7-12(11)14-10(4)13/h5-7H,1H2,2-4H3. The lowest BCUT2D eigenvalue weighted by atomic mass is 10.1. The van der Waals surface area contributed by atoms with Crippen molar-refractivity contribution >= 4 is 11.5 Å². The molecule has 0 aromatic heterocycles. The van der Waals surface area contributed by atoms with Crippen LogP contribution in [0.3, 0.4) is 0 Å². The third-order valence-electron chi connectivity index (χ3n) is 1.85. The van der Waals surface area contributed by atoms with E-state index < -0.39 is 0 Å². The molecule has 0 N–H and O–H groups in total. The molecule has 1 aromatic rings. The summed E-state index contributed by atoms with van der Waals surface area (Å²) in [5.74, 6) is 0.281. The van der Waals surface area contributed by atoms with Crippen molar-refractivity contribution in [2.24, 2.45) is 0 Å². The summed E-state index contributed by atoms with van der Waals surface area (Å²) in [6, 6.07) is 5.72. The van der Waals surface area contributed by atoms with Crippen LogP contribution in [0, 0.1) is 6.92 Å². The van der Waals surface area contributed by atoms with Crippen LogP contribution in [0.2, 0.25) is 0 Å². The highest BCUT2D eigenvalue weighted by atomic mass is 16.5. The zero-order chi connectivity index (χ0) is 10.7. The molecule has 0 atom stereocenters. The fourth-order valence-electron chi connectivity index (χ4n) is 1.22. The number of rotatable bonds is 2. The fourth-order valence-corrected chi connectivity index (χ4v) is 1.22. The molecule has 0 bridgehead atoms. The molecule has 0 aliphatic carbocycles. The molecular formula is C12H14O2. The van der Waals surface area contributed by atoms with Crippen LogP contribution in [0.1, 0.15) is 25.0 Å². The van der Waals surface area contributed by atoms with Crippen LogP contribution >= 0.6 is 0 Å². The van der Waals surface area contributed by atoms with Crippen molar-refractivity contribution < 1.29 is 9.53 Å². The number of aryl methyl sites for hydroxylation is 1. The molecule has 1 aromatic carbocycles. The Balaban J connectivity index is 3.15. The average Bonchev–Trinajstić information content (AvgIpc) is 2.01. The van der Waals surface area contributed by atoms with Gasteiger partial charge >= 0.3 is 5.97 Å². The van der Waals surface area contributed by atoms with Gasteiger partial charge in [-0.15, -0.1) is 0 Å². The van der Waals surface area contributed by atoms with E-state index in [-0.39, 0.29) is 5.97 Å². The first kappa shape index (κ1) is 10.5. The van der Waals surface area contributed by atoms with Crippen LogP contribution in [0.5, 0.6) is 5.75 Å². The van der Waals surface area contributed by atoms with Crippen molar-refractivity contribution in [2.45, 2.75) is 20.8 Å². The second-order valence-corrected chi connectivity index (χ2v) is 3.37. The SMILES string of the molecule is C=C(C)c1ccc(C)cc1OC(C)=O. The molecule has 0 amide bonds. The number of hydrogen-bond donors (Lipinski definition) is 0. The molecular weight excluding hydrogens is 176 g/mol. The summed E-state index contributed by atoms with van der Waals surface area (Å²) in [7, 11) is 0. The number of carbonyl (C=O) groups excluding carboxylic acids is 1. The smallest absolute Gasteiger partial charge is 0.308 e. The molecule has 0 radical (unpaired) electrons. The molecule has 14 heavy (non-hydrogen) atoms. The Morgan fingerprint density at radius 1 is 1.36 bits per heavy atom. The van der Waals surface area contributed by atoms with E-state index in [2.05, 4.69) is 6.58 Å². The van der Waals surface area contributed by atoms with Gasteiger partial charge in [-0.1, -0.05) is 18.7 Å². The van der Waals surface area contributed by atoms with Crippen LogP contribution in [0.25, 0.3) is 5.57 Å². The quantitative estimate of drug-likeness (QED) is 0.529. The van der Waals surface area contributed by atoms with Gasteiger partial charge in [-0.05, 0) is 31.1 Å². The van der Waals surface area contributed by atoms with Crippen molar-refractivity contribution in [3.05, 3.63) is 35.9 Å². The van der Waals surface area contributed by atoms with Crippen LogP contribution in [-0.4, -0.2) is 5.97 Å². The van der Waals surface area contributed by atoms with Crippen molar-refractivity contribution in [1.82, 2.24) is 0 Å². The highest BCUT2D eigenvalue weighted by molar-refractivity contribution is 5.74. The van der Waals surface area contributed by atoms with Crippen LogP contribution in [0.4, 0.5) is 0 Å². The van der Waals surface area contributed by atoms with Gasteiger partial charge in [0.05, 0.1) is 0 Å². The van der Waals surface area contributed by atoms with E-state index in [0.29, 0.717) is 5.75 Å². The van der Waals surface area contributed by atoms with Gasteiger partial charge in [0, 0.05) is 12.5 Å². The van der Waals surface area contributed by atoms with E-state index in [0.717, 1.165) is 16.7 Å². The van der Waals surface area contributed by atoms with E-state index in [1.54, 1.807) is 0 Å². The molecule has 0 spiro atoms. The van der Waals surface area contributed by atoms with E-state index in [1.165, 1.54) is 6.92 Å². The largest absolute Gasteiger partial charge is 0.426 e. The molecule has 0 aliphatic heterocycles. The van der Waals surface area contributed by atoms with Crippen molar-refractivity contribution in [2.75, 3.05) is 0 Å². The Hall–Kier alpha value is -1.57. The number of esters is 1. The fraction of sp³-hybridized carbons (Fsp3) is 0.250. The van der Waals surface area contributed by atoms with Crippen LogP contribution in [-0.2, 0) is 4.79 Å². The van der Waals surface area contributed by atoms with Gasteiger partial charge in [0.1, 0.15) is 5.75 Å². The third-order valence-corrected chi connectivity index (χ3v) is 1.85. The minimum absolute atomic E-state index is 0.307. The number of carbonyl (C=O) groups is 1. The first-order valence-electron chi connectivity index (χ1n) is 4.45. The lowest BCUT2D eigenvalue weighted by molar-refractivity contribution is -0.131. The highest BCUT2D eigenvalue weighted by Crippen LogP contribution is 2.26. The monoisotopic (exact) mass is 190 g/mol. The Bertz CT molecular complexity index is 378. The van der Waals surface area contributed by atoms with Gasteiger partial charge in [0.15, 0.2) is 0 Å². The highest BCUT2D eigenvalue weighted by Gasteiger charge is 2.06. The summed E-state index contributed by atoms with van der Waals surface area (Å²) in [4.78, 5) is 10.8. The Morgan fingerprint density at radius 2 is 2.00 bits per heavy atom. The Morgan fingerprint density at radius 3 is 2.50 bits per heavy atom. The van der Waals surface area contributed by atoms with E-state index in [1.807, 2.05) is 32.0 Å². The molecule has 0 unspecified atom stereocenters. The minimum Gasteiger partial charge on any atom is -0.426 e. The summed E-state index contributed by atoms with van der Waals surface area (Å²) in [6.45, 7) is 9.07. The number of hydrogen-bond acceptors (Lipinski definition) is 2. The van der Waals surface area contributed by atoms with E-state index >= 15 is 0 Å². The van der Waals surface area contributed by atoms with Crippen LogP contribution < -0.4 is 4.74 Å². The summed E-state index contributed by atoms with van der Waals surface area (Å²) in [5, 5.41) is 0. The van der Waals surface area contributed by atoms with E-state index in [4.69, 9.17) is 4.74 Å². The van der Waals surface area contributed by atoms with Gasteiger partial charge in [-0.25, -0.2) is 0 Å². The summed E-state index contributed by atoms with van der Waals surface area (Å²) in [6.07, 6.45) is 0. The third kappa shape index (κ3) is 2.46. The molecule has 1 rings (SSSR count). The molecule has 0 saturated carbocycles. The van der Waals surface area contributed by atoms with Gasteiger partial charge < -0.3 is 4.74 Å². The molecule has 0 aliphatic rings. The maximum absolute atomic E-state index is 10.8. The zero-order valence-corrected chi connectivity index (χ0v) is 8.76. The minimum atomic E-state index is -0.307. The summed E-state index contributed by atoms with van der Waals surface area (Å²) < 4.78 is 5.09. The van der Waals surface area contributed by atoms with Gasteiger partial charge in [-0.3, -0.25) is 4.79 Å². The summed E-state index contributed by atoms with van der Waals surface area (Å²) >= 11 is 0. The maximum atomic E-state index is 10.8. The van der Waals surface area contributed by atoms with Crippen molar-refractivity contribution in [1.29, 1.82) is 0 Å².